The first-order valence-electron chi connectivity index (χ1n) is 5.91. The minimum atomic E-state index is -0.515. The Morgan fingerprint density at radius 1 is 1.39 bits per heavy atom. The van der Waals surface area contributed by atoms with E-state index in [2.05, 4.69) is 21.2 Å². The molecular formula is C13H17BrFNO2. The largest absolute Gasteiger partial charge is 0.349 e. The van der Waals surface area contributed by atoms with Crippen LogP contribution < -0.4 is 5.32 Å². The molecule has 0 bridgehead atoms. The van der Waals surface area contributed by atoms with Crippen LogP contribution in [-0.2, 0) is 16.0 Å². The highest BCUT2D eigenvalue weighted by Crippen LogP contribution is 2.18. The van der Waals surface area contributed by atoms with Crippen LogP contribution in [0.5, 0.6) is 0 Å². The standard InChI is InChI=1S/C13H17BrFNO2/c1-13(2)17-7-11(8-18-13)16-6-9-5-10(14)3-4-12(9)15/h3-5,11,16H,6-8H2,1-2H3. The van der Waals surface area contributed by atoms with Crippen molar-refractivity contribution in [1.82, 2.24) is 5.32 Å². The molecule has 2 rings (SSSR count). The molecule has 0 amide bonds. The summed E-state index contributed by atoms with van der Waals surface area (Å²) in [6, 6.07) is 5.01. The molecule has 0 spiro atoms. The van der Waals surface area contributed by atoms with Crippen LogP contribution in [0.25, 0.3) is 0 Å². The van der Waals surface area contributed by atoms with Crippen LogP contribution in [-0.4, -0.2) is 25.0 Å². The summed E-state index contributed by atoms with van der Waals surface area (Å²) in [4.78, 5) is 0. The lowest BCUT2D eigenvalue weighted by molar-refractivity contribution is -0.253. The van der Waals surface area contributed by atoms with E-state index in [0.29, 0.717) is 25.3 Å². The van der Waals surface area contributed by atoms with Gasteiger partial charge in [-0.15, -0.1) is 0 Å². The maximum absolute atomic E-state index is 13.5. The third-order valence-corrected chi connectivity index (χ3v) is 3.35. The van der Waals surface area contributed by atoms with Gasteiger partial charge in [-0.3, -0.25) is 0 Å². The molecule has 5 heteroatoms. The monoisotopic (exact) mass is 317 g/mol. The normalized spacial score (nSPS) is 20.0. The molecule has 18 heavy (non-hydrogen) atoms. The number of nitrogens with one attached hydrogen (secondary N) is 1. The Morgan fingerprint density at radius 2 is 2.06 bits per heavy atom. The summed E-state index contributed by atoms with van der Waals surface area (Å²) < 4.78 is 25.5. The van der Waals surface area contributed by atoms with E-state index in [4.69, 9.17) is 9.47 Å². The minimum absolute atomic E-state index is 0.0939. The predicted molar refractivity (Wildman–Crippen MR) is 70.7 cm³/mol. The highest BCUT2D eigenvalue weighted by molar-refractivity contribution is 9.10. The van der Waals surface area contributed by atoms with Crippen LogP contribution >= 0.6 is 15.9 Å². The molecule has 1 saturated heterocycles. The molecule has 1 aliphatic heterocycles. The molecule has 0 aromatic heterocycles. The number of hydrogen-bond donors (Lipinski definition) is 1. The lowest BCUT2D eigenvalue weighted by Crippen LogP contribution is -2.48. The van der Waals surface area contributed by atoms with Gasteiger partial charge in [0, 0.05) is 16.6 Å². The van der Waals surface area contributed by atoms with Crippen LogP contribution in [0, 0.1) is 5.82 Å². The maximum atomic E-state index is 13.5. The van der Waals surface area contributed by atoms with Crippen LogP contribution in [0.15, 0.2) is 22.7 Å². The van der Waals surface area contributed by atoms with Gasteiger partial charge in [-0.2, -0.15) is 0 Å². The first-order valence-corrected chi connectivity index (χ1v) is 6.71. The van der Waals surface area contributed by atoms with Gasteiger partial charge in [0.05, 0.1) is 19.3 Å². The van der Waals surface area contributed by atoms with Crippen molar-refractivity contribution in [1.29, 1.82) is 0 Å². The third kappa shape index (κ3) is 3.75. The molecule has 0 aliphatic carbocycles. The van der Waals surface area contributed by atoms with Gasteiger partial charge in [0.2, 0.25) is 0 Å². The molecule has 1 fully saturated rings. The van der Waals surface area contributed by atoms with E-state index in [1.165, 1.54) is 6.07 Å². The molecule has 1 aromatic carbocycles. The molecule has 0 saturated carbocycles. The van der Waals surface area contributed by atoms with Crippen molar-refractivity contribution < 1.29 is 13.9 Å². The van der Waals surface area contributed by atoms with Crippen molar-refractivity contribution in [3.05, 3.63) is 34.1 Å². The zero-order valence-corrected chi connectivity index (χ0v) is 12.1. The predicted octanol–water partition coefficient (Wildman–Crippen LogP) is 2.83. The summed E-state index contributed by atoms with van der Waals surface area (Å²) in [6.07, 6.45) is 0. The Kier molecular flexibility index (Phi) is 4.37. The summed E-state index contributed by atoms with van der Waals surface area (Å²) in [5, 5.41) is 3.23. The third-order valence-electron chi connectivity index (χ3n) is 2.85. The van der Waals surface area contributed by atoms with E-state index in [9.17, 15) is 4.39 Å². The molecule has 1 aliphatic rings. The van der Waals surface area contributed by atoms with Crippen molar-refractivity contribution in [2.24, 2.45) is 0 Å². The van der Waals surface area contributed by atoms with Crippen molar-refractivity contribution in [3.8, 4) is 0 Å². The van der Waals surface area contributed by atoms with Gasteiger partial charge in [-0.05, 0) is 32.0 Å². The molecule has 1 aromatic rings. The maximum Gasteiger partial charge on any atom is 0.162 e. The van der Waals surface area contributed by atoms with Gasteiger partial charge >= 0.3 is 0 Å². The number of ether oxygens (including phenoxy) is 2. The molecule has 3 nitrogen and oxygen atoms in total. The van der Waals surface area contributed by atoms with Crippen molar-refractivity contribution in [2.45, 2.75) is 32.2 Å². The number of benzene rings is 1. The second-order valence-electron chi connectivity index (χ2n) is 4.84. The van der Waals surface area contributed by atoms with Crippen molar-refractivity contribution >= 4 is 15.9 Å². The van der Waals surface area contributed by atoms with Gasteiger partial charge in [-0.1, -0.05) is 15.9 Å². The average Bonchev–Trinajstić information content (AvgIpc) is 2.32. The Balaban J connectivity index is 1.87. The van der Waals surface area contributed by atoms with Crippen molar-refractivity contribution in [3.63, 3.8) is 0 Å². The fourth-order valence-corrected chi connectivity index (χ4v) is 2.15. The summed E-state index contributed by atoms with van der Waals surface area (Å²) in [7, 11) is 0. The lowest BCUT2D eigenvalue weighted by Gasteiger charge is -2.35. The molecule has 100 valence electrons. The lowest BCUT2D eigenvalue weighted by atomic mass is 10.2. The van der Waals surface area contributed by atoms with Crippen molar-refractivity contribution in [2.75, 3.05) is 13.2 Å². The van der Waals surface area contributed by atoms with Crippen LogP contribution in [0.2, 0.25) is 0 Å². The zero-order valence-electron chi connectivity index (χ0n) is 10.5. The average molecular weight is 318 g/mol. The van der Waals surface area contributed by atoms with Gasteiger partial charge in [0.1, 0.15) is 5.82 Å². The van der Waals surface area contributed by atoms with Gasteiger partial charge in [0.15, 0.2) is 5.79 Å². The van der Waals surface area contributed by atoms with Gasteiger partial charge in [0.25, 0.3) is 0 Å². The van der Waals surface area contributed by atoms with E-state index >= 15 is 0 Å². The fourth-order valence-electron chi connectivity index (χ4n) is 1.74. The summed E-state index contributed by atoms with van der Waals surface area (Å²) in [6.45, 7) is 5.38. The molecule has 0 unspecified atom stereocenters. The highest BCUT2D eigenvalue weighted by Gasteiger charge is 2.27. The number of halogens is 2. The van der Waals surface area contributed by atoms with E-state index in [1.807, 2.05) is 13.8 Å². The second-order valence-corrected chi connectivity index (χ2v) is 5.75. The topological polar surface area (TPSA) is 30.5 Å². The molecular weight excluding hydrogens is 301 g/mol. The SMILES string of the molecule is CC1(C)OCC(NCc2cc(Br)ccc2F)CO1. The fraction of sp³-hybridized carbons (Fsp3) is 0.538. The Labute approximate surface area is 115 Å². The Morgan fingerprint density at radius 3 is 2.72 bits per heavy atom. The smallest absolute Gasteiger partial charge is 0.162 e. The quantitative estimate of drug-likeness (QED) is 0.930. The highest BCUT2D eigenvalue weighted by atomic mass is 79.9. The van der Waals surface area contributed by atoms with Gasteiger partial charge in [-0.25, -0.2) is 4.39 Å². The van der Waals surface area contributed by atoms with Crippen LogP contribution in [0.1, 0.15) is 19.4 Å². The van der Waals surface area contributed by atoms with E-state index in [1.54, 1.807) is 12.1 Å². The van der Waals surface area contributed by atoms with Gasteiger partial charge < -0.3 is 14.8 Å². The zero-order chi connectivity index (χ0) is 13.2. The van der Waals surface area contributed by atoms with Crippen LogP contribution in [0.3, 0.4) is 0 Å². The first-order chi connectivity index (χ1) is 8.46. The second kappa shape index (κ2) is 5.65. The Bertz CT molecular complexity index is 415. The summed E-state index contributed by atoms with van der Waals surface area (Å²) in [5.41, 5.74) is 0.634. The minimum Gasteiger partial charge on any atom is -0.349 e. The van der Waals surface area contributed by atoms with E-state index in [0.717, 1.165) is 4.47 Å². The Hall–Kier alpha value is -0.490. The number of hydrogen-bond acceptors (Lipinski definition) is 3. The van der Waals surface area contributed by atoms with E-state index < -0.39 is 5.79 Å². The molecule has 1 N–H and O–H groups in total. The molecule has 1 heterocycles. The van der Waals surface area contributed by atoms with Crippen LogP contribution in [0.4, 0.5) is 4.39 Å². The van der Waals surface area contributed by atoms with E-state index in [-0.39, 0.29) is 11.9 Å². The molecule has 0 atom stereocenters. The first kappa shape index (κ1) is 13.9. The summed E-state index contributed by atoms with van der Waals surface area (Å²) >= 11 is 3.33. The summed E-state index contributed by atoms with van der Waals surface area (Å²) in [5.74, 6) is -0.720. The molecule has 0 radical (unpaired) electrons. The number of rotatable bonds is 3.